The average Bonchev–Trinajstić information content (AvgIpc) is 3.11. The Morgan fingerprint density at radius 3 is 2.44 bits per heavy atom. The average molecular weight is 252 g/mol. The molecule has 2 aliphatic rings. The highest BCUT2D eigenvalue weighted by Crippen LogP contribution is 2.44. The van der Waals surface area contributed by atoms with Gasteiger partial charge in [0, 0.05) is 14.1 Å². The number of rotatable bonds is 2. The Hall–Kier alpha value is -1.63. The van der Waals surface area contributed by atoms with Crippen LogP contribution in [0.1, 0.15) is 12.8 Å². The van der Waals surface area contributed by atoms with Crippen LogP contribution in [0.3, 0.4) is 0 Å². The van der Waals surface area contributed by atoms with Crippen LogP contribution >= 0.6 is 0 Å². The first-order valence-corrected chi connectivity index (χ1v) is 6.04. The molecule has 0 unspecified atom stereocenters. The van der Waals surface area contributed by atoms with Crippen molar-refractivity contribution in [1.82, 2.24) is 14.3 Å². The number of hydrogen-bond acceptors (Lipinski definition) is 5. The standard InChI is InChI=1S/C11H16N4O3/c1-13-9(16)8(12-14(2)10(13)17)15-5-11(18,6-15)7-3-4-7/h7,18H,3-6H2,1-2H3. The molecule has 98 valence electrons. The molecule has 1 aliphatic carbocycles. The second-order valence-corrected chi connectivity index (χ2v) is 5.33. The number of aryl methyl sites for hydroxylation is 1. The largest absolute Gasteiger partial charge is 0.386 e. The second-order valence-electron chi connectivity index (χ2n) is 5.33. The molecule has 0 bridgehead atoms. The zero-order valence-electron chi connectivity index (χ0n) is 10.5. The Labute approximate surface area is 103 Å². The van der Waals surface area contributed by atoms with Crippen molar-refractivity contribution >= 4 is 5.82 Å². The third kappa shape index (κ3) is 1.50. The summed E-state index contributed by atoms with van der Waals surface area (Å²) in [7, 11) is 2.95. The van der Waals surface area contributed by atoms with Crippen molar-refractivity contribution < 1.29 is 5.11 Å². The first-order chi connectivity index (χ1) is 8.42. The highest BCUT2D eigenvalue weighted by molar-refractivity contribution is 5.42. The van der Waals surface area contributed by atoms with Crippen molar-refractivity contribution in [1.29, 1.82) is 0 Å². The summed E-state index contributed by atoms with van der Waals surface area (Å²) in [5.74, 6) is 0.607. The fourth-order valence-electron chi connectivity index (χ4n) is 2.52. The van der Waals surface area contributed by atoms with Crippen LogP contribution in [0.4, 0.5) is 5.82 Å². The molecule has 0 amide bonds. The van der Waals surface area contributed by atoms with E-state index in [-0.39, 0.29) is 5.82 Å². The van der Waals surface area contributed by atoms with Gasteiger partial charge in [-0.25, -0.2) is 9.48 Å². The first-order valence-electron chi connectivity index (χ1n) is 6.04. The highest BCUT2D eigenvalue weighted by atomic mass is 16.3. The van der Waals surface area contributed by atoms with Crippen molar-refractivity contribution in [3.63, 3.8) is 0 Å². The van der Waals surface area contributed by atoms with Gasteiger partial charge in [0.2, 0.25) is 5.82 Å². The minimum Gasteiger partial charge on any atom is -0.386 e. The van der Waals surface area contributed by atoms with Crippen LogP contribution in [0.2, 0.25) is 0 Å². The molecule has 1 aliphatic heterocycles. The third-order valence-electron chi connectivity index (χ3n) is 3.87. The van der Waals surface area contributed by atoms with Gasteiger partial charge in [0.05, 0.1) is 13.1 Å². The monoisotopic (exact) mass is 252 g/mol. The van der Waals surface area contributed by atoms with Crippen molar-refractivity contribution in [3.05, 3.63) is 20.8 Å². The summed E-state index contributed by atoms with van der Waals surface area (Å²) in [6.07, 6.45) is 2.12. The van der Waals surface area contributed by atoms with Gasteiger partial charge in [0.25, 0.3) is 5.56 Å². The lowest BCUT2D eigenvalue weighted by atomic mass is 9.89. The van der Waals surface area contributed by atoms with Crippen molar-refractivity contribution in [3.8, 4) is 0 Å². The molecule has 2 heterocycles. The molecule has 1 saturated carbocycles. The Kier molecular flexibility index (Phi) is 2.19. The molecule has 0 spiro atoms. The van der Waals surface area contributed by atoms with E-state index in [1.54, 1.807) is 4.90 Å². The minimum atomic E-state index is -0.665. The predicted octanol–water partition coefficient (Wildman–Crippen LogP) is -1.56. The van der Waals surface area contributed by atoms with Crippen LogP contribution in [0, 0.1) is 5.92 Å². The number of β-amino-alcohol motifs (C(OH)–C–C–N with tert-alkyl or cyclic N) is 1. The molecule has 3 rings (SSSR count). The van der Waals surface area contributed by atoms with E-state index in [0.29, 0.717) is 19.0 Å². The summed E-state index contributed by atoms with van der Waals surface area (Å²) >= 11 is 0. The molecule has 7 nitrogen and oxygen atoms in total. The second kappa shape index (κ2) is 3.44. The minimum absolute atomic E-state index is 0.241. The van der Waals surface area contributed by atoms with E-state index in [0.717, 1.165) is 22.1 Å². The number of anilines is 1. The maximum atomic E-state index is 11.9. The lowest BCUT2D eigenvalue weighted by Crippen LogP contribution is -2.65. The first kappa shape index (κ1) is 11.5. The number of aliphatic hydroxyl groups is 1. The summed E-state index contributed by atoms with van der Waals surface area (Å²) in [6.45, 7) is 0.857. The van der Waals surface area contributed by atoms with E-state index in [9.17, 15) is 14.7 Å². The van der Waals surface area contributed by atoms with Gasteiger partial charge in [-0.1, -0.05) is 0 Å². The Morgan fingerprint density at radius 2 is 1.89 bits per heavy atom. The third-order valence-corrected chi connectivity index (χ3v) is 3.87. The molecule has 1 N–H and O–H groups in total. The Balaban J connectivity index is 1.91. The van der Waals surface area contributed by atoms with Gasteiger partial charge in [-0.15, -0.1) is 5.10 Å². The zero-order valence-corrected chi connectivity index (χ0v) is 10.5. The van der Waals surface area contributed by atoms with Gasteiger partial charge >= 0.3 is 5.69 Å². The van der Waals surface area contributed by atoms with E-state index in [4.69, 9.17) is 0 Å². The van der Waals surface area contributed by atoms with E-state index in [1.165, 1.54) is 14.1 Å². The Morgan fingerprint density at radius 1 is 1.28 bits per heavy atom. The smallest absolute Gasteiger partial charge is 0.346 e. The van der Waals surface area contributed by atoms with E-state index < -0.39 is 16.9 Å². The molecular weight excluding hydrogens is 236 g/mol. The Bertz CT molecular complexity index is 608. The normalized spacial score (nSPS) is 21.8. The number of hydrogen-bond donors (Lipinski definition) is 1. The van der Waals surface area contributed by atoms with Crippen LogP contribution in [0.25, 0.3) is 0 Å². The van der Waals surface area contributed by atoms with Crippen molar-refractivity contribution in [2.75, 3.05) is 18.0 Å². The number of aromatic nitrogens is 3. The van der Waals surface area contributed by atoms with E-state index in [1.807, 2.05) is 0 Å². The van der Waals surface area contributed by atoms with E-state index in [2.05, 4.69) is 5.10 Å². The number of nitrogens with zero attached hydrogens (tertiary/aromatic N) is 4. The summed E-state index contributed by atoms with van der Waals surface area (Å²) in [4.78, 5) is 25.2. The lowest BCUT2D eigenvalue weighted by Gasteiger charge is -2.47. The molecule has 0 atom stereocenters. The predicted molar refractivity (Wildman–Crippen MR) is 64.6 cm³/mol. The van der Waals surface area contributed by atoms with Gasteiger partial charge in [-0.2, -0.15) is 0 Å². The van der Waals surface area contributed by atoms with Gasteiger partial charge in [-0.05, 0) is 18.8 Å². The summed E-state index contributed by atoms with van der Waals surface area (Å²) in [5, 5.41) is 14.2. The molecule has 2 fully saturated rings. The van der Waals surface area contributed by atoms with Gasteiger partial charge < -0.3 is 10.0 Å². The molecule has 1 saturated heterocycles. The van der Waals surface area contributed by atoms with Gasteiger partial charge in [-0.3, -0.25) is 9.36 Å². The fourth-order valence-corrected chi connectivity index (χ4v) is 2.52. The lowest BCUT2D eigenvalue weighted by molar-refractivity contribution is -0.0101. The molecule has 0 radical (unpaired) electrons. The summed E-state index contributed by atoms with van der Waals surface area (Å²) < 4.78 is 2.18. The fraction of sp³-hybridized carbons (Fsp3) is 0.727. The molecule has 18 heavy (non-hydrogen) atoms. The van der Waals surface area contributed by atoms with Gasteiger partial charge in [0.1, 0.15) is 5.60 Å². The molecule has 1 aromatic rings. The van der Waals surface area contributed by atoms with Crippen LogP contribution in [-0.4, -0.2) is 38.1 Å². The van der Waals surface area contributed by atoms with Crippen LogP contribution in [0.15, 0.2) is 9.59 Å². The summed E-state index contributed by atoms with van der Waals surface area (Å²) in [6, 6.07) is 0. The highest BCUT2D eigenvalue weighted by Gasteiger charge is 2.52. The van der Waals surface area contributed by atoms with Crippen LogP contribution in [0.5, 0.6) is 0 Å². The molecular formula is C11H16N4O3. The SMILES string of the molecule is Cn1nc(N2CC(O)(C3CC3)C2)c(=O)n(C)c1=O. The quantitative estimate of drug-likeness (QED) is 0.688. The summed E-state index contributed by atoms with van der Waals surface area (Å²) in [5.41, 5.74) is -1.51. The van der Waals surface area contributed by atoms with Gasteiger partial charge in [0.15, 0.2) is 0 Å². The van der Waals surface area contributed by atoms with Crippen molar-refractivity contribution in [2.45, 2.75) is 18.4 Å². The van der Waals surface area contributed by atoms with E-state index >= 15 is 0 Å². The molecule has 0 aromatic carbocycles. The maximum absolute atomic E-state index is 11.9. The van der Waals surface area contributed by atoms with Crippen LogP contribution < -0.4 is 16.1 Å². The topological polar surface area (TPSA) is 80.4 Å². The molecule has 1 aromatic heterocycles. The maximum Gasteiger partial charge on any atom is 0.346 e. The molecule has 7 heteroatoms. The zero-order chi connectivity index (χ0) is 13.1. The van der Waals surface area contributed by atoms with Crippen molar-refractivity contribution in [2.24, 2.45) is 20.0 Å². The van der Waals surface area contributed by atoms with Crippen LogP contribution in [-0.2, 0) is 14.1 Å².